The van der Waals surface area contributed by atoms with Gasteiger partial charge in [0, 0.05) is 40.7 Å². The van der Waals surface area contributed by atoms with Gasteiger partial charge < -0.3 is 9.67 Å². The van der Waals surface area contributed by atoms with E-state index < -0.39 is 12.7 Å². The van der Waals surface area contributed by atoms with Crippen LogP contribution in [0.15, 0.2) is 60.9 Å². The normalized spacial score (nSPS) is 13.2. The van der Waals surface area contributed by atoms with E-state index in [0.29, 0.717) is 13.1 Å². The molecule has 0 amide bonds. The molecule has 4 aromatic rings. The van der Waals surface area contributed by atoms with Gasteiger partial charge >= 0.3 is 6.55 Å². The van der Waals surface area contributed by atoms with Crippen LogP contribution in [0.3, 0.4) is 0 Å². The van der Waals surface area contributed by atoms with Crippen molar-refractivity contribution in [2.45, 2.75) is 25.7 Å². The van der Waals surface area contributed by atoms with Crippen molar-refractivity contribution in [3.8, 4) is 0 Å². The van der Waals surface area contributed by atoms with Crippen molar-refractivity contribution >= 4 is 21.8 Å². The predicted molar refractivity (Wildman–Crippen MR) is 105 cm³/mol. The molecule has 0 radical (unpaired) electrons. The first kappa shape index (κ1) is 18.6. The molecule has 0 aliphatic heterocycles. The van der Waals surface area contributed by atoms with Gasteiger partial charge in [0.15, 0.2) is 0 Å². The van der Waals surface area contributed by atoms with Crippen molar-refractivity contribution in [1.29, 1.82) is 0 Å². The number of aliphatic hydroxyl groups is 1. The van der Waals surface area contributed by atoms with Gasteiger partial charge in [-0.15, -0.1) is 0 Å². The highest BCUT2D eigenvalue weighted by Crippen LogP contribution is 2.28. The van der Waals surface area contributed by atoms with Gasteiger partial charge in [-0.2, -0.15) is 8.78 Å². The highest BCUT2D eigenvalue weighted by molar-refractivity contribution is 6.07. The Labute approximate surface area is 161 Å². The summed E-state index contributed by atoms with van der Waals surface area (Å²) in [5.41, 5.74) is 2.14. The molecule has 1 N–H and O–H groups in total. The largest absolute Gasteiger partial charge is 0.390 e. The smallest absolute Gasteiger partial charge is 0.319 e. The third kappa shape index (κ3) is 3.50. The molecule has 0 aliphatic rings. The maximum Gasteiger partial charge on any atom is 0.319 e. The Morgan fingerprint density at radius 2 is 1.64 bits per heavy atom. The first-order valence-electron chi connectivity index (χ1n) is 9.17. The molecule has 2 aromatic heterocycles. The van der Waals surface area contributed by atoms with Crippen molar-refractivity contribution < 1.29 is 13.9 Å². The molecule has 146 valence electrons. The fraction of sp³-hybridized carbons (Fsp3) is 0.286. The second-order valence-electron chi connectivity index (χ2n) is 7.02. The highest BCUT2D eigenvalue weighted by Gasteiger charge is 2.17. The molecule has 0 bridgehead atoms. The lowest BCUT2D eigenvalue weighted by Crippen LogP contribution is -2.32. The maximum absolute atomic E-state index is 13.0. The van der Waals surface area contributed by atoms with Gasteiger partial charge in [0.2, 0.25) is 0 Å². The molecule has 0 aliphatic carbocycles. The van der Waals surface area contributed by atoms with E-state index in [9.17, 15) is 13.9 Å². The van der Waals surface area contributed by atoms with Gasteiger partial charge in [0.05, 0.1) is 19.2 Å². The third-order valence-corrected chi connectivity index (χ3v) is 4.97. The standard InChI is InChI=1S/C21H22F2N4O/c1-25(14-20-24-10-11-26(20)21(22)23)12-15(28)13-27-18-8-4-2-6-16(18)17-7-3-5-9-19(17)27/h2-11,15,21,28H,12-14H2,1H3. The Morgan fingerprint density at radius 1 is 1.04 bits per heavy atom. The summed E-state index contributed by atoms with van der Waals surface area (Å²) in [5.74, 6) is 0.279. The van der Waals surface area contributed by atoms with Crippen molar-refractivity contribution in [2.75, 3.05) is 13.6 Å². The van der Waals surface area contributed by atoms with Gasteiger partial charge in [0.25, 0.3) is 0 Å². The van der Waals surface area contributed by atoms with Gasteiger partial charge in [-0.25, -0.2) is 4.98 Å². The number of halogens is 2. The number of likely N-dealkylation sites (N-methyl/N-ethyl adjacent to an activating group) is 1. The lowest BCUT2D eigenvalue weighted by atomic mass is 10.2. The number of hydrogen-bond donors (Lipinski definition) is 1. The fourth-order valence-corrected chi connectivity index (χ4v) is 3.78. The Kier molecular flexibility index (Phi) is 5.11. The molecule has 0 saturated carbocycles. The summed E-state index contributed by atoms with van der Waals surface area (Å²) in [6.07, 6.45) is 1.98. The zero-order valence-electron chi connectivity index (χ0n) is 15.5. The molecule has 0 fully saturated rings. The van der Waals surface area contributed by atoms with Crippen molar-refractivity contribution in [2.24, 2.45) is 0 Å². The number of aromatic nitrogens is 3. The molecule has 4 rings (SSSR count). The average Bonchev–Trinajstić information content (AvgIpc) is 3.25. The second kappa shape index (κ2) is 7.69. The van der Waals surface area contributed by atoms with Crippen LogP contribution in [0.2, 0.25) is 0 Å². The van der Waals surface area contributed by atoms with E-state index in [-0.39, 0.29) is 12.4 Å². The summed E-state index contributed by atoms with van der Waals surface area (Å²) in [6.45, 7) is -1.62. The molecule has 1 atom stereocenters. The molecular formula is C21H22F2N4O. The van der Waals surface area contributed by atoms with Crippen LogP contribution in [0.1, 0.15) is 12.4 Å². The van der Waals surface area contributed by atoms with E-state index in [1.807, 2.05) is 36.4 Å². The Balaban J connectivity index is 1.52. The quantitative estimate of drug-likeness (QED) is 0.526. The number of aliphatic hydroxyl groups excluding tert-OH is 1. The zero-order valence-corrected chi connectivity index (χ0v) is 15.5. The summed E-state index contributed by atoms with van der Waals surface area (Å²) in [7, 11) is 1.79. The Bertz CT molecular complexity index is 1040. The topological polar surface area (TPSA) is 46.2 Å². The summed E-state index contributed by atoms with van der Waals surface area (Å²) in [6, 6.07) is 16.2. The van der Waals surface area contributed by atoms with E-state index in [2.05, 4.69) is 21.7 Å². The maximum atomic E-state index is 13.0. The summed E-state index contributed by atoms with van der Waals surface area (Å²) < 4.78 is 28.9. The Hall–Kier alpha value is -2.77. The number of benzene rings is 2. The highest BCUT2D eigenvalue weighted by atomic mass is 19.3. The number of hydrogen-bond acceptors (Lipinski definition) is 3. The molecule has 28 heavy (non-hydrogen) atoms. The van der Waals surface area contributed by atoms with E-state index in [0.717, 1.165) is 26.4 Å². The van der Waals surface area contributed by atoms with Crippen LogP contribution in [0, 0.1) is 0 Å². The van der Waals surface area contributed by atoms with Gasteiger partial charge in [0.1, 0.15) is 5.82 Å². The SMILES string of the molecule is CN(Cc1nccn1C(F)F)CC(O)Cn1c2ccccc2c2ccccc21. The van der Waals surface area contributed by atoms with E-state index in [1.54, 1.807) is 11.9 Å². The van der Waals surface area contributed by atoms with Gasteiger partial charge in [-0.3, -0.25) is 9.47 Å². The first-order valence-corrected chi connectivity index (χ1v) is 9.17. The van der Waals surface area contributed by atoms with Crippen LogP contribution in [-0.2, 0) is 13.1 Å². The lowest BCUT2D eigenvalue weighted by Gasteiger charge is -2.21. The minimum Gasteiger partial charge on any atom is -0.390 e. The summed E-state index contributed by atoms with van der Waals surface area (Å²) in [5, 5.41) is 13.0. The van der Waals surface area contributed by atoms with Crippen LogP contribution in [0.25, 0.3) is 21.8 Å². The van der Waals surface area contributed by atoms with Gasteiger partial charge in [-0.05, 0) is 19.2 Å². The summed E-state index contributed by atoms with van der Waals surface area (Å²) >= 11 is 0. The van der Waals surface area contributed by atoms with E-state index in [4.69, 9.17) is 0 Å². The molecule has 1 unspecified atom stereocenters. The number of alkyl halides is 2. The molecule has 2 heterocycles. The van der Waals surface area contributed by atoms with Crippen LogP contribution in [0.4, 0.5) is 8.78 Å². The molecular weight excluding hydrogens is 362 g/mol. The minimum atomic E-state index is -2.62. The molecule has 0 spiro atoms. The summed E-state index contributed by atoms with van der Waals surface area (Å²) in [4.78, 5) is 5.80. The first-order chi connectivity index (χ1) is 13.5. The monoisotopic (exact) mass is 384 g/mol. The number of fused-ring (bicyclic) bond motifs is 3. The lowest BCUT2D eigenvalue weighted by molar-refractivity contribution is 0.0618. The second-order valence-corrected chi connectivity index (χ2v) is 7.02. The van der Waals surface area contributed by atoms with Crippen molar-refractivity contribution in [3.63, 3.8) is 0 Å². The van der Waals surface area contributed by atoms with Crippen LogP contribution >= 0.6 is 0 Å². The number of nitrogens with zero attached hydrogens (tertiary/aromatic N) is 4. The molecule has 7 heteroatoms. The number of rotatable bonds is 7. The van der Waals surface area contributed by atoms with E-state index in [1.165, 1.54) is 12.4 Å². The zero-order chi connectivity index (χ0) is 19.7. The van der Waals surface area contributed by atoms with E-state index >= 15 is 0 Å². The van der Waals surface area contributed by atoms with Crippen molar-refractivity contribution in [3.05, 3.63) is 66.7 Å². The molecule has 0 saturated heterocycles. The number of imidazole rings is 1. The van der Waals surface area contributed by atoms with Crippen LogP contribution in [0.5, 0.6) is 0 Å². The molecule has 2 aromatic carbocycles. The molecule has 5 nitrogen and oxygen atoms in total. The van der Waals surface area contributed by atoms with Crippen LogP contribution in [-0.4, -0.2) is 43.8 Å². The van der Waals surface area contributed by atoms with Gasteiger partial charge in [-0.1, -0.05) is 36.4 Å². The Morgan fingerprint density at radius 3 is 2.25 bits per heavy atom. The average molecular weight is 384 g/mol. The number of para-hydroxylation sites is 2. The third-order valence-electron chi connectivity index (χ3n) is 4.97. The fourth-order valence-electron chi connectivity index (χ4n) is 3.78. The minimum absolute atomic E-state index is 0.238. The predicted octanol–water partition coefficient (Wildman–Crippen LogP) is 3.88. The van der Waals surface area contributed by atoms with Crippen LogP contribution < -0.4 is 0 Å². The van der Waals surface area contributed by atoms with Crippen molar-refractivity contribution in [1.82, 2.24) is 19.0 Å².